The monoisotopic (exact) mass is 333 g/mol. The van der Waals surface area contributed by atoms with E-state index in [0.29, 0.717) is 24.1 Å². The van der Waals surface area contributed by atoms with Gasteiger partial charge in [0.1, 0.15) is 9.90 Å². The first-order valence-corrected chi connectivity index (χ1v) is 9.55. The first kappa shape index (κ1) is 16.5. The van der Waals surface area contributed by atoms with Gasteiger partial charge < -0.3 is 15.8 Å². The highest BCUT2D eigenvalue weighted by molar-refractivity contribution is 7.92. The van der Waals surface area contributed by atoms with Crippen molar-refractivity contribution in [2.24, 2.45) is 5.92 Å². The number of hydrogen-bond acceptors (Lipinski definition) is 7. The van der Waals surface area contributed by atoms with Crippen LogP contribution in [0.2, 0.25) is 0 Å². The predicted octanol–water partition coefficient (Wildman–Crippen LogP) is 2.14. The van der Waals surface area contributed by atoms with Gasteiger partial charge in [0.2, 0.25) is 0 Å². The summed E-state index contributed by atoms with van der Waals surface area (Å²) in [5, 5.41) is 3.34. The predicted molar refractivity (Wildman–Crippen MR) is 85.5 cm³/mol. The maximum atomic E-state index is 12.3. The Hall–Kier alpha value is -0.860. The van der Waals surface area contributed by atoms with E-state index in [1.54, 1.807) is 0 Å². The van der Waals surface area contributed by atoms with E-state index in [9.17, 15) is 8.42 Å². The normalized spacial score (nSPS) is 15.6. The summed E-state index contributed by atoms with van der Waals surface area (Å²) < 4.78 is 34.1. The number of nitrogens with two attached hydrogens (primary N) is 1. The Labute approximate surface area is 130 Å². The van der Waals surface area contributed by atoms with Crippen LogP contribution in [0.15, 0.2) is 4.90 Å². The lowest BCUT2D eigenvalue weighted by Gasteiger charge is -2.09. The third-order valence-corrected chi connectivity index (χ3v) is 6.57. The molecule has 0 spiro atoms. The lowest BCUT2D eigenvalue weighted by Crippen LogP contribution is -2.14. The van der Waals surface area contributed by atoms with E-state index in [-0.39, 0.29) is 16.0 Å². The minimum absolute atomic E-state index is 0.107. The summed E-state index contributed by atoms with van der Waals surface area (Å²) in [4.78, 5) is 0.178. The molecular weight excluding hydrogens is 310 g/mol. The number of ether oxygens (including phenoxy) is 1. The van der Waals surface area contributed by atoms with Gasteiger partial charge >= 0.3 is 0 Å². The van der Waals surface area contributed by atoms with Crippen LogP contribution in [0, 0.1) is 5.92 Å². The average molecular weight is 333 g/mol. The van der Waals surface area contributed by atoms with Crippen LogP contribution in [0.1, 0.15) is 33.1 Å². The van der Waals surface area contributed by atoms with Crippen LogP contribution >= 0.6 is 11.5 Å². The van der Waals surface area contributed by atoms with E-state index >= 15 is 0 Å². The molecule has 2 rings (SSSR count). The topological polar surface area (TPSA) is 94.3 Å². The minimum atomic E-state index is -3.32. The maximum absolute atomic E-state index is 12.3. The Morgan fingerprint density at radius 2 is 2.14 bits per heavy atom. The fraction of sp³-hybridized carbons (Fsp3) is 0.769. The van der Waals surface area contributed by atoms with Crippen LogP contribution in [0.3, 0.4) is 0 Å². The van der Waals surface area contributed by atoms with Crippen molar-refractivity contribution in [2.75, 3.05) is 30.8 Å². The van der Waals surface area contributed by atoms with Gasteiger partial charge in [0.05, 0.1) is 11.9 Å². The van der Waals surface area contributed by atoms with E-state index in [1.807, 2.05) is 0 Å². The Morgan fingerprint density at radius 1 is 1.43 bits per heavy atom. The summed E-state index contributed by atoms with van der Waals surface area (Å²) in [6.07, 6.45) is 2.46. The van der Waals surface area contributed by atoms with Crippen LogP contribution in [-0.2, 0) is 14.6 Å². The first-order chi connectivity index (χ1) is 9.93. The van der Waals surface area contributed by atoms with E-state index in [0.717, 1.165) is 37.4 Å². The molecule has 0 bridgehead atoms. The maximum Gasteiger partial charge on any atom is 0.187 e. The molecule has 1 aliphatic carbocycles. The second-order valence-corrected chi connectivity index (χ2v) is 8.63. The van der Waals surface area contributed by atoms with E-state index in [4.69, 9.17) is 10.5 Å². The third-order valence-electron chi connectivity index (χ3n) is 3.29. The molecule has 1 saturated carbocycles. The van der Waals surface area contributed by atoms with Crippen molar-refractivity contribution in [1.29, 1.82) is 0 Å². The highest BCUT2D eigenvalue weighted by Crippen LogP contribution is 2.40. The Bertz CT molecular complexity index is 565. The standard InChI is InChI=1S/C13H23N3O3S2/c1-9(2)5-7-19-8-6-15-13-11(12(14)16-20-13)21(17,18)10-3-4-10/h9-10,15H,3-8H2,1-2H3,(H2,14,16). The highest BCUT2D eigenvalue weighted by Gasteiger charge is 2.40. The van der Waals surface area contributed by atoms with Gasteiger partial charge in [-0.05, 0) is 36.7 Å². The highest BCUT2D eigenvalue weighted by atomic mass is 32.2. The molecule has 1 heterocycles. The number of rotatable bonds is 9. The summed E-state index contributed by atoms with van der Waals surface area (Å²) in [6.45, 7) is 6.10. The van der Waals surface area contributed by atoms with Gasteiger partial charge in [-0.25, -0.2) is 8.42 Å². The lowest BCUT2D eigenvalue weighted by atomic mass is 10.1. The van der Waals surface area contributed by atoms with Crippen LogP contribution < -0.4 is 11.1 Å². The van der Waals surface area contributed by atoms with E-state index in [1.165, 1.54) is 0 Å². The number of hydrogen-bond donors (Lipinski definition) is 2. The van der Waals surface area contributed by atoms with Crippen LogP contribution in [0.25, 0.3) is 0 Å². The van der Waals surface area contributed by atoms with Crippen LogP contribution in [-0.4, -0.2) is 37.8 Å². The zero-order chi connectivity index (χ0) is 15.5. The largest absolute Gasteiger partial charge is 0.382 e. The average Bonchev–Trinajstić information content (AvgIpc) is 3.18. The SMILES string of the molecule is CC(C)CCOCCNc1snc(N)c1S(=O)(=O)C1CC1. The van der Waals surface area contributed by atoms with Crippen molar-refractivity contribution in [3.63, 3.8) is 0 Å². The fourth-order valence-corrected chi connectivity index (χ4v) is 4.80. The van der Waals surface area contributed by atoms with Gasteiger partial charge in [-0.2, -0.15) is 4.37 Å². The molecule has 6 nitrogen and oxygen atoms in total. The van der Waals surface area contributed by atoms with Gasteiger partial charge in [0.15, 0.2) is 15.7 Å². The zero-order valence-corrected chi connectivity index (χ0v) is 14.1. The third kappa shape index (κ3) is 4.31. The lowest BCUT2D eigenvalue weighted by molar-refractivity contribution is 0.133. The van der Waals surface area contributed by atoms with Gasteiger partial charge in [-0.3, -0.25) is 0 Å². The molecule has 0 radical (unpaired) electrons. The molecule has 0 atom stereocenters. The summed E-state index contributed by atoms with van der Waals surface area (Å²) in [7, 11) is -3.32. The molecule has 0 amide bonds. The van der Waals surface area contributed by atoms with Crippen molar-refractivity contribution >= 4 is 32.2 Å². The molecule has 0 saturated heterocycles. The zero-order valence-electron chi connectivity index (χ0n) is 12.5. The second-order valence-electron chi connectivity index (χ2n) is 5.69. The van der Waals surface area contributed by atoms with Crippen molar-refractivity contribution in [3.05, 3.63) is 0 Å². The molecule has 0 aliphatic heterocycles. The van der Waals surface area contributed by atoms with E-state index < -0.39 is 9.84 Å². The van der Waals surface area contributed by atoms with Gasteiger partial charge in [-0.1, -0.05) is 13.8 Å². The van der Waals surface area contributed by atoms with Gasteiger partial charge in [0, 0.05) is 13.2 Å². The molecule has 1 aliphatic rings. The molecule has 1 aromatic rings. The summed E-state index contributed by atoms with van der Waals surface area (Å²) in [5.41, 5.74) is 5.73. The number of aromatic nitrogens is 1. The van der Waals surface area contributed by atoms with Crippen molar-refractivity contribution in [3.8, 4) is 0 Å². The molecule has 3 N–H and O–H groups in total. The number of nitrogen functional groups attached to an aromatic ring is 1. The van der Waals surface area contributed by atoms with Crippen molar-refractivity contribution < 1.29 is 13.2 Å². The van der Waals surface area contributed by atoms with Crippen molar-refractivity contribution in [1.82, 2.24) is 4.37 Å². The molecule has 1 fully saturated rings. The number of sulfone groups is 1. The number of anilines is 2. The van der Waals surface area contributed by atoms with E-state index in [2.05, 4.69) is 23.5 Å². The summed E-state index contributed by atoms with van der Waals surface area (Å²) in [5.74, 6) is 0.727. The second kappa shape index (κ2) is 6.93. The molecule has 0 aromatic carbocycles. The Kier molecular flexibility index (Phi) is 5.45. The molecule has 120 valence electrons. The fourth-order valence-electron chi connectivity index (χ4n) is 1.88. The Morgan fingerprint density at radius 3 is 2.76 bits per heavy atom. The van der Waals surface area contributed by atoms with Gasteiger partial charge in [-0.15, -0.1) is 0 Å². The molecule has 0 unspecified atom stereocenters. The molecular formula is C13H23N3O3S2. The molecule has 8 heteroatoms. The van der Waals surface area contributed by atoms with Crippen LogP contribution in [0.4, 0.5) is 10.8 Å². The molecule has 1 aromatic heterocycles. The van der Waals surface area contributed by atoms with Gasteiger partial charge in [0.25, 0.3) is 0 Å². The van der Waals surface area contributed by atoms with Crippen molar-refractivity contribution in [2.45, 2.75) is 43.3 Å². The summed E-state index contributed by atoms with van der Waals surface area (Å²) >= 11 is 1.10. The number of nitrogens with zero attached hydrogens (tertiary/aromatic N) is 1. The number of nitrogens with one attached hydrogen (secondary N) is 1. The summed E-state index contributed by atoms with van der Waals surface area (Å²) in [6, 6.07) is 0. The Balaban J connectivity index is 1.87. The molecule has 21 heavy (non-hydrogen) atoms. The minimum Gasteiger partial charge on any atom is -0.382 e. The first-order valence-electron chi connectivity index (χ1n) is 7.23. The van der Waals surface area contributed by atoms with Crippen LogP contribution in [0.5, 0.6) is 0 Å². The quantitative estimate of drug-likeness (QED) is 0.672. The smallest absolute Gasteiger partial charge is 0.187 e.